The number of H-pyrrole nitrogens is 1. The number of methoxy groups -OCH3 is 2. The zero-order valence-corrected chi connectivity index (χ0v) is 12.6. The van der Waals surface area contributed by atoms with Crippen LogP contribution in [0.4, 0.5) is 0 Å². The SMILES string of the molecule is COc1cc2nc(-c3ccc[nH]c3=O)cc(C)c2cc1OC. The first kappa shape index (κ1) is 14.1. The van der Waals surface area contributed by atoms with Crippen LogP contribution in [0.1, 0.15) is 5.56 Å². The molecule has 0 fully saturated rings. The molecule has 0 aliphatic heterocycles. The van der Waals surface area contributed by atoms with Crippen LogP contribution in [0.2, 0.25) is 0 Å². The molecule has 0 bridgehead atoms. The molecule has 2 aromatic heterocycles. The van der Waals surface area contributed by atoms with Crippen molar-refractivity contribution in [3.8, 4) is 22.8 Å². The molecule has 1 N–H and O–H groups in total. The molecular weight excluding hydrogens is 280 g/mol. The van der Waals surface area contributed by atoms with Gasteiger partial charge in [0.2, 0.25) is 0 Å². The number of aryl methyl sites for hydroxylation is 1. The zero-order valence-electron chi connectivity index (χ0n) is 12.6. The summed E-state index contributed by atoms with van der Waals surface area (Å²) in [5.74, 6) is 1.27. The quantitative estimate of drug-likeness (QED) is 0.807. The fraction of sp³-hybridized carbons (Fsp3) is 0.176. The van der Waals surface area contributed by atoms with Gasteiger partial charge in [-0.1, -0.05) is 0 Å². The van der Waals surface area contributed by atoms with Crippen LogP contribution in [0.5, 0.6) is 11.5 Å². The highest BCUT2D eigenvalue weighted by Gasteiger charge is 2.12. The predicted molar refractivity (Wildman–Crippen MR) is 85.6 cm³/mol. The van der Waals surface area contributed by atoms with Crippen LogP contribution in [0.3, 0.4) is 0 Å². The van der Waals surface area contributed by atoms with Gasteiger partial charge in [0.25, 0.3) is 5.56 Å². The summed E-state index contributed by atoms with van der Waals surface area (Å²) in [7, 11) is 3.19. The third-order valence-electron chi connectivity index (χ3n) is 3.61. The Bertz CT molecular complexity index is 900. The third-order valence-corrected chi connectivity index (χ3v) is 3.61. The van der Waals surface area contributed by atoms with Gasteiger partial charge in [0.15, 0.2) is 11.5 Å². The number of pyridine rings is 2. The summed E-state index contributed by atoms with van der Waals surface area (Å²) in [6, 6.07) is 9.16. The van der Waals surface area contributed by atoms with E-state index < -0.39 is 0 Å². The summed E-state index contributed by atoms with van der Waals surface area (Å²) in [6.07, 6.45) is 1.60. The van der Waals surface area contributed by atoms with Gasteiger partial charge in [0.05, 0.1) is 31.0 Å². The molecule has 0 aliphatic rings. The zero-order chi connectivity index (χ0) is 15.7. The Morgan fingerprint density at radius 3 is 2.50 bits per heavy atom. The summed E-state index contributed by atoms with van der Waals surface area (Å²) >= 11 is 0. The highest BCUT2D eigenvalue weighted by molar-refractivity contribution is 5.88. The van der Waals surface area contributed by atoms with Crippen molar-refractivity contribution >= 4 is 10.9 Å². The summed E-state index contributed by atoms with van der Waals surface area (Å²) < 4.78 is 10.6. The fourth-order valence-corrected chi connectivity index (χ4v) is 2.48. The van der Waals surface area contributed by atoms with E-state index >= 15 is 0 Å². The van der Waals surface area contributed by atoms with Crippen molar-refractivity contribution in [2.45, 2.75) is 6.92 Å². The van der Waals surface area contributed by atoms with Gasteiger partial charge >= 0.3 is 0 Å². The van der Waals surface area contributed by atoms with Crippen molar-refractivity contribution in [1.82, 2.24) is 9.97 Å². The van der Waals surface area contributed by atoms with Crippen molar-refractivity contribution in [3.05, 3.63) is 52.4 Å². The van der Waals surface area contributed by atoms with Crippen LogP contribution in [0.15, 0.2) is 41.3 Å². The predicted octanol–water partition coefficient (Wildman–Crippen LogP) is 2.92. The summed E-state index contributed by atoms with van der Waals surface area (Å²) in [5.41, 5.74) is 2.80. The van der Waals surface area contributed by atoms with E-state index in [4.69, 9.17) is 9.47 Å². The normalized spacial score (nSPS) is 10.7. The minimum Gasteiger partial charge on any atom is -0.493 e. The van der Waals surface area contributed by atoms with Crippen LogP contribution in [-0.4, -0.2) is 24.2 Å². The number of hydrogen-bond donors (Lipinski definition) is 1. The molecule has 5 nitrogen and oxygen atoms in total. The Morgan fingerprint density at radius 1 is 1.09 bits per heavy atom. The lowest BCUT2D eigenvalue weighted by molar-refractivity contribution is 0.356. The van der Waals surface area contributed by atoms with Gasteiger partial charge < -0.3 is 14.5 Å². The number of ether oxygens (including phenoxy) is 2. The molecule has 112 valence electrons. The number of nitrogens with zero attached hydrogens (tertiary/aromatic N) is 1. The molecule has 0 saturated heterocycles. The lowest BCUT2D eigenvalue weighted by Crippen LogP contribution is -2.08. The Balaban J connectivity index is 2.28. The second-order valence-electron chi connectivity index (χ2n) is 4.96. The molecule has 3 rings (SSSR count). The van der Waals surface area contributed by atoms with Crippen molar-refractivity contribution in [2.24, 2.45) is 0 Å². The molecule has 0 unspecified atom stereocenters. The Kier molecular flexibility index (Phi) is 3.55. The highest BCUT2D eigenvalue weighted by atomic mass is 16.5. The van der Waals surface area contributed by atoms with E-state index in [0.717, 1.165) is 16.5 Å². The third kappa shape index (κ3) is 2.30. The number of fused-ring (bicyclic) bond motifs is 1. The van der Waals surface area contributed by atoms with Crippen LogP contribution in [0.25, 0.3) is 22.2 Å². The Hall–Kier alpha value is -2.82. The van der Waals surface area contributed by atoms with E-state index in [1.54, 1.807) is 32.5 Å². The molecule has 0 spiro atoms. The first-order valence-corrected chi connectivity index (χ1v) is 6.85. The first-order chi connectivity index (χ1) is 10.6. The standard InChI is InChI=1S/C17H16N2O3/c1-10-7-13(11-5-4-6-18-17(11)20)19-14-9-16(22-3)15(21-2)8-12(10)14/h4-9H,1-3H3,(H,18,20). The fourth-order valence-electron chi connectivity index (χ4n) is 2.48. The smallest absolute Gasteiger partial charge is 0.257 e. The van der Waals surface area contributed by atoms with Gasteiger partial charge in [-0.2, -0.15) is 0 Å². The molecule has 0 amide bonds. The van der Waals surface area contributed by atoms with Crippen molar-refractivity contribution in [1.29, 1.82) is 0 Å². The maximum atomic E-state index is 12.0. The van der Waals surface area contributed by atoms with Gasteiger partial charge in [0.1, 0.15) is 0 Å². The monoisotopic (exact) mass is 296 g/mol. The molecular formula is C17H16N2O3. The van der Waals surface area contributed by atoms with E-state index in [-0.39, 0.29) is 5.56 Å². The molecule has 0 atom stereocenters. The molecule has 0 aliphatic carbocycles. The average Bonchev–Trinajstić information content (AvgIpc) is 2.54. The Labute approximate surface area is 127 Å². The Morgan fingerprint density at radius 2 is 1.82 bits per heavy atom. The van der Waals surface area contributed by atoms with Gasteiger partial charge in [-0.25, -0.2) is 4.98 Å². The molecule has 0 saturated carbocycles. The molecule has 0 radical (unpaired) electrons. The van der Waals surface area contributed by atoms with Crippen LogP contribution in [0, 0.1) is 6.92 Å². The molecule has 1 aromatic carbocycles. The average molecular weight is 296 g/mol. The van der Waals surface area contributed by atoms with Gasteiger partial charge in [0, 0.05) is 17.6 Å². The highest BCUT2D eigenvalue weighted by Crippen LogP contribution is 2.33. The topological polar surface area (TPSA) is 64.2 Å². The number of benzene rings is 1. The number of hydrogen-bond acceptors (Lipinski definition) is 4. The second-order valence-corrected chi connectivity index (χ2v) is 4.96. The van der Waals surface area contributed by atoms with Crippen LogP contribution in [-0.2, 0) is 0 Å². The largest absolute Gasteiger partial charge is 0.493 e. The number of aromatic nitrogens is 2. The minimum atomic E-state index is -0.158. The first-order valence-electron chi connectivity index (χ1n) is 6.85. The number of rotatable bonds is 3. The van der Waals surface area contributed by atoms with Crippen molar-refractivity contribution < 1.29 is 9.47 Å². The lowest BCUT2D eigenvalue weighted by Gasteiger charge is -2.11. The molecule has 5 heteroatoms. The maximum Gasteiger partial charge on any atom is 0.257 e. The van der Waals surface area contributed by atoms with E-state index in [2.05, 4.69) is 9.97 Å². The van der Waals surface area contributed by atoms with Crippen molar-refractivity contribution in [3.63, 3.8) is 0 Å². The maximum absolute atomic E-state index is 12.0. The number of nitrogens with one attached hydrogen (secondary N) is 1. The molecule has 3 aromatic rings. The van der Waals surface area contributed by atoms with Gasteiger partial charge in [-0.15, -0.1) is 0 Å². The number of aromatic amines is 1. The van der Waals surface area contributed by atoms with E-state index in [1.807, 2.05) is 25.1 Å². The summed E-state index contributed by atoms with van der Waals surface area (Å²) in [6.45, 7) is 1.98. The molecule has 2 heterocycles. The van der Waals surface area contributed by atoms with Gasteiger partial charge in [-0.05, 0) is 36.8 Å². The summed E-state index contributed by atoms with van der Waals surface area (Å²) in [5, 5.41) is 0.966. The second kappa shape index (κ2) is 5.52. The summed E-state index contributed by atoms with van der Waals surface area (Å²) in [4.78, 5) is 19.2. The molecule has 22 heavy (non-hydrogen) atoms. The lowest BCUT2D eigenvalue weighted by atomic mass is 10.1. The van der Waals surface area contributed by atoms with Crippen molar-refractivity contribution in [2.75, 3.05) is 14.2 Å². The van der Waals surface area contributed by atoms with E-state index in [0.29, 0.717) is 22.8 Å². The van der Waals surface area contributed by atoms with E-state index in [1.165, 1.54) is 0 Å². The van der Waals surface area contributed by atoms with Crippen LogP contribution < -0.4 is 15.0 Å². The van der Waals surface area contributed by atoms with Crippen LogP contribution >= 0.6 is 0 Å². The van der Waals surface area contributed by atoms with E-state index in [9.17, 15) is 4.79 Å². The minimum absolute atomic E-state index is 0.158. The van der Waals surface area contributed by atoms with Gasteiger partial charge in [-0.3, -0.25) is 4.79 Å².